The number of carbonyl (C=O) groups is 1. The first kappa shape index (κ1) is 14.0. The van der Waals surface area contributed by atoms with Crippen LogP contribution in [0, 0.1) is 13.8 Å². The zero-order chi connectivity index (χ0) is 15.7. The maximum absolute atomic E-state index is 11.5. The summed E-state index contributed by atoms with van der Waals surface area (Å²) in [5.74, 6) is -1.09. The molecule has 1 aromatic heterocycles. The van der Waals surface area contributed by atoms with E-state index in [1.807, 2.05) is 62.4 Å². The second kappa shape index (κ2) is 5.44. The Labute approximate surface area is 127 Å². The highest BCUT2D eigenvalue weighted by Gasteiger charge is 2.22. The van der Waals surface area contributed by atoms with Crippen molar-refractivity contribution in [2.24, 2.45) is 0 Å². The van der Waals surface area contributed by atoms with Gasteiger partial charge in [0.1, 0.15) is 5.69 Å². The molecule has 3 rings (SSSR count). The number of hydrogen-bond acceptors (Lipinski definition) is 3. The lowest BCUT2D eigenvalue weighted by Gasteiger charge is -2.10. The first-order chi connectivity index (χ1) is 10.6. The van der Waals surface area contributed by atoms with Crippen molar-refractivity contribution in [2.45, 2.75) is 13.8 Å². The molecule has 0 atom stereocenters. The molecule has 0 amide bonds. The van der Waals surface area contributed by atoms with E-state index in [1.165, 1.54) is 0 Å². The van der Waals surface area contributed by atoms with Crippen LogP contribution in [0.25, 0.3) is 16.9 Å². The van der Waals surface area contributed by atoms with Gasteiger partial charge < -0.3 is 5.11 Å². The van der Waals surface area contributed by atoms with Gasteiger partial charge >= 0.3 is 5.97 Å². The predicted molar refractivity (Wildman–Crippen MR) is 83.2 cm³/mol. The second-order valence-corrected chi connectivity index (χ2v) is 5.16. The number of para-hydroxylation sites is 1. The first-order valence-corrected chi connectivity index (χ1v) is 6.90. The monoisotopic (exact) mass is 293 g/mol. The van der Waals surface area contributed by atoms with Gasteiger partial charge in [-0.3, -0.25) is 0 Å². The Kier molecular flexibility index (Phi) is 3.47. The molecule has 0 aliphatic heterocycles. The van der Waals surface area contributed by atoms with Gasteiger partial charge in [0.25, 0.3) is 0 Å². The number of aryl methyl sites for hydroxylation is 2. The summed E-state index contributed by atoms with van der Waals surface area (Å²) in [5, 5.41) is 17.3. The van der Waals surface area contributed by atoms with Gasteiger partial charge in [0.2, 0.25) is 0 Å². The van der Waals surface area contributed by atoms with Crippen LogP contribution in [0.4, 0.5) is 0 Å². The molecule has 5 heteroatoms. The number of benzene rings is 2. The average molecular weight is 293 g/mol. The van der Waals surface area contributed by atoms with Crippen molar-refractivity contribution in [3.05, 3.63) is 65.4 Å². The summed E-state index contributed by atoms with van der Waals surface area (Å²) in [6, 6.07) is 15.3. The summed E-state index contributed by atoms with van der Waals surface area (Å²) in [5.41, 5.74) is 4.14. The number of hydrogen-bond donors (Lipinski definition) is 1. The minimum Gasteiger partial charge on any atom is -0.476 e. The van der Waals surface area contributed by atoms with Crippen molar-refractivity contribution in [3.8, 4) is 16.9 Å². The Balaban J connectivity index is 2.27. The molecule has 0 spiro atoms. The molecule has 0 saturated heterocycles. The minimum absolute atomic E-state index is 0.0490. The lowest BCUT2D eigenvalue weighted by atomic mass is 10.1. The van der Waals surface area contributed by atoms with E-state index in [2.05, 4.69) is 10.3 Å². The van der Waals surface area contributed by atoms with Crippen LogP contribution < -0.4 is 0 Å². The molecular formula is C17H15N3O2. The summed E-state index contributed by atoms with van der Waals surface area (Å²) in [4.78, 5) is 11.5. The molecule has 0 fully saturated rings. The van der Waals surface area contributed by atoms with Crippen LogP contribution in [0.3, 0.4) is 0 Å². The first-order valence-electron chi connectivity index (χ1n) is 6.90. The molecular weight excluding hydrogens is 278 g/mol. The summed E-state index contributed by atoms with van der Waals surface area (Å²) in [7, 11) is 0. The molecule has 0 aliphatic carbocycles. The SMILES string of the molecule is Cc1ccc(-c2c(C(=O)O)nnn2-c2ccccc2C)cc1. The summed E-state index contributed by atoms with van der Waals surface area (Å²) in [6.45, 7) is 3.94. The van der Waals surface area contributed by atoms with E-state index in [4.69, 9.17) is 0 Å². The molecule has 0 saturated carbocycles. The van der Waals surface area contributed by atoms with Crippen molar-refractivity contribution in [2.75, 3.05) is 0 Å². The standard InChI is InChI=1S/C17H15N3O2/c1-11-7-9-13(10-8-11)16-15(17(21)22)18-19-20(16)14-6-4-3-5-12(14)2/h3-10H,1-2H3,(H,21,22). The highest BCUT2D eigenvalue weighted by molar-refractivity contribution is 5.93. The van der Waals surface area contributed by atoms with Crippen molar-refractivity contribution in [3.63, 3.8) is 0 Å². The van der Waals surface area contributed by atoms with Gasteiger partial charge in [-0.2, -0.15) is 0 Å². The quantitative estimate of drug-likeness (QED) is 0.805. The average Bonchev–Trinajstić information content (AvgIpc) is 2.93. The Morgan fingerprint density at radius 1 is 1.05 bits per heavy atom. The Morgan fingerprint density at radius 3 is 2.36 bits per heavy atom. The fourth-order valence-electron chi connectivity index (χ4n) is 2.37. The van der Waals surface area contributed by atoms with Crippen molar-refractivity contribution in [1.82, 2.24) is 15.0 Å². The highest BCUT2D eigenvalue weighted by atomic mass is 16.4. The zero-order valence-corrected chi connectivity index (χ0v) is 12.3. The van der Waals surface area contributed by atoms with Crippen LogP contribution in [0.2, 0.25) is 0 Å². The van der Waals surface area contributed by atoms with Gasteiger partial charge in [0.05, 0.1) is 5.69 Å². The molecule has 3 aromatic rings. The van der Waals surface area contributed by atoms with Crippen LogP contribution >= 0.6 is 0 Å². The Hall–Kier alpha value is -2.95. The highest BCUT2D eigenvalue weighted by Crippen LogP contribution is 2.26. The maximum atomic E-state index is 11.5. The second-order valence-electron chi connectivity index (χ2n) is 5.16. The van der Waals surface area contributed by atoms with Gasteiger partial charge in [-0.15, -0.1) is 5.10 Å². The van der Waals surface area contributed by atoms with Crippen LogP contribution in [-0.2, 0) is 0 Å². The smallest absolute Gasteiger partial charge is 0.358 e. The van der Waals surface area contributed by atoms with E-state index in [1.54, 1.807) is 4.68 Å². The predicted octanol–water partition coefficient (Wildman–Crippen LogP) is 3.25. The van der Waals surface area contributed by atoms with E-state index >= 15 is 0 Å². The number of carboxylic acids is 1. The van der Waals surface area contributed by atoms with Crippen LogP contribution in [0.15, 0.2) is 48.5 Å². The van der Waals surface area contributed by atoms with E-state index < -0.39 is 5.97 Å². The van der Waals surface area contributed by atoms with Gasteiger partial charge in [0.15, 0.2) is 5.69 Å². The largest absolute Gasteiger partial charge is 0.476 e. The molecule has 0 bridgehead atoms. The van der Waals surface area contributed by atoms with Gasteiger partial charge in [-0.05, 0) is 25.5 Å². The molecule has 0 unspecified atom stereocenters. The van der Waals surface area contributed by atoms with Crippen LogP contribution in [0.5, 0.6) is 0 Å². The third-order valence-corrected chi connectivity index (χ3v) is 3.54. The molecule has 5 nitrogen and oxygen atoms in total. The minimum atomic E-state index is -1.09. The maximum Gasteiger partial charge on any atom is 0.358 e. The number of rotatable bonds is 3. The van der Waals surface area contributed by atoms with Crippen molar-refractivity contribution in [1.29, 1.82) is 0 Å². The Morgan fingerprint density at radius 2 is 1.73 bits per heavy atom. The molecule has 1 heterocycles. The fraction of sp³-hybridized carbons (Fsp3) is 0.118. The third kappa shape index (κ3) is 2.37. The van der Waals surface area contributed by atoms with E-state index in [9.17, 15) is 9.90 Å². The molecule has 110 valence electrons. The topological polar surface area (TPSA) is 68.0 Å². The molecule has 22 heavy (non-hydrogen) atoms. The summed E-state index contributed by atoms with van der Waals surface area (Å²) < 4.78 is 1.59. The van der Waals surface area contributed by atoms with Crippen molar-refractivity contribution >= 4 is 5.97 Å². The number of carboxylic acid groups (broad SMARTS) is 1. The third-order valence-electron chi connectivity index (χ3n) is 3.54. The molecule has 2 aromatic carbocycles. The van der Waals surface area contributed by atoms with Gasteiger partial charge in [-0.1, -0.05) is 53.2 Å². The van der Waals surface area contributed by atoms with E-state index in [0.717, 1.165) is 22.4 Å². The molecule has 0 radical (unpaired) electrons. The number of aromatic nitrogens is 3. The summed E-state index contributed by atoms with van der Waals surface area (Å²) in [6.07, 6.45) is 0. The van der Waals surface area contributed by atoms with Gasteiger partial charge in [-0.25, -0.2) is 9.48 Å². The van der Waals surface area contributed by atoms with Crippen LogP contribution in [0.1, 0.15) is 21.6 Å². The van der Waals surface area contributed by atoms with Crippen LogP contribution in [-0.4, -0.2) is 26.1 Å². The molecule has 0 aliphatic rings. The normalized spacial score (nSPS) is 10.6. The molecule has 1 N–H and O–H groups in total. The fourth-order valence-corrected chi connectivity index (χ4v) is 2.37. The number of nitrogens with zero attached hydrogens (tertiary/aromatic N) is 3. The number of aromatic carboxylic acids is 1. The van der Waals surface area contributed by atoms with E-state index in [0.29, 0.717) is 5.69 Å². The van der Waals surface area contributed by atoms with E-state index in [-0.39, 0.29) is 5.69 Å². The lowest BCUT2D eigenvalue weighted by molar-refractivity contribution is 0.0691. The zero-order valence-electron chi connectivity index (χ0n) is 12.3. The lowest BCUT2D eigenvalue weighted by Crippen LogP contribution is -2.04. The summed E-state index contributed by atoms with van der Waals surface area (Å²) >= 11 is 0. The van der Waals surface area contributed by atoms with Crippen molar-refractivity contribution < 1.29 is 9.90 Å². The van der Waals surface area contributed by atoms with Gasteiger partial charge in [0, 0.05) is 5.56 Å². The Bertz CT molecular complexity index is 835.